The van der Waals surface area contributed by atoms with Gasteiger partial charge in [-0.2, -0.15) is 4.31 Å². The van der Waals surface area contributed by atoms with Crippen LogP contribution in [-0.4, -0.2) is 146 Å². The third-order valence-electron chi connectivity index (χ3n) is 10.7. The standard InChI is InChI=1S/C41H66N7O19P3S/c1-4-5-11-14-27(49)17-18-29-28(64-29)15-12-9-7-6-8-10-13-16-32(51)71-22-21-43-31(50)19-20-44-39(54)36(53)41(2,3)24-63-70(60,61)67-69(58,59)62-23-30-35(66-68(55,56)57)34(52)40(65-30)48-26-47-33-37(42)45-25-46-38(33)48/h6,8-9,12,17-18,25-30,34-36,40,49,52-53H,4-5,7,10-11,13-16,19-24H2,1-3H3,(H,43,50)(H,44,54)(H,58,59)(H,60,61)(H2,42,45,46)(H2,55,56,57)/b8-6+,12-9+,18-17+. The Morgan fingerprint density at radius 2 is 1.68 bits per heavy atom. The predicted octanol–water partition coefficient (Wildman–Crippen LogP) is 2.99. The molecule has 2 saturated heterocycles. The van der Waals surface area contributed by atoms with Crippen LogP contribution in [0.15, 0.2) is 49.1 Å². The fraction of sp³-hybridized carbons (Fsp3) is 0.659. The number of unbranched alkanes of at least 4 members (excludes halogenated alkanes) is 3. The van der Waals surface area contributed by atoms with Crippen LogP contribution >= 0.6 is 35.2 Å². The molecular weight excluding hydrogens is 1020 g/mol. The molecule has 2 aliphatic rings. The van der Waals surface area contributed by atoms with Crippen molar-refractivity contribution in [1.29, 1.82) is 0 Å². The van der Waals surface area contributed by atoms with E-state index in [0.29, 0.717) is 18.6 Å². The molecule has 2 amide bonds. The van der Waals surface area contributed by atoms with Gasteiger partial charge in [0, 0.05) is 37.1 Å². The average molecular weight is 1090 g/mol. The average Bonchev–Trinajstić information content (AvgIpc) is 3.79. The van der Waals surface area contributed by atoms with Crippen LogP contribution in [0.2, 0.25) is 0 Å². The normalized spacial score (nSPS) is 23.3. The SMILES string of the molecule is CCCCCC(O)/C=C/C1OC1C/C=C/C/C=C/CCCC(=O)SCCNC(=O)CCNC(=O)C(O)C(C)(C)COP(=O)(O)OP(=O)(O)OCC1OC(n2cnc3c(N)ncnc32)C(O)C1OP(=O)(O)O. The van der Waals surface area contributed by atoms with Crippen molar-refractivity contribution in [1.82, 2.24) is 30.2 Å². The van der Waals surface area contributed by atoms with Crippen LogP contribution in [0, 0.1) is 5.41 Å². The van der Waals surface area contributed by atoms with E-state index in [1.807, 2.05) is 24.3 Å². The molecule has 4 heterocycles. The lowest BCUT2D eigenvalue weighted by atomic mass is 9.87. The number of carbonyl (C=O) groups is 3. The highest BCUT2D eigenvalue weighted by atomic mass is 32.2. The number of ether oxygens (including phenoxy) is 2. The first-order chi connectivity index (χ1) is 33.4. The van der Waals surface area contributed by atoms with Crippen LogP contribution in [0.5, 0.6) is 0 Å². The van der Waals surface area contributed by atoms with E-state index in [9.17, 15) is 63.0 Å². The number of aromatic nitrogens is 4. The lowest BCUT2D eigenvalue weighted by Gasteiger charge is -2.30. The Morgan fingerprint density at radius 3 is 2.41 bits per heavy atom. The van der Waals surface area contributed by atoms with Gasteiger partial charge in [-0.1, -0.05) is 88.3 Å². The summed E-state index contributed by atoms with van der Waals surface area (Å²) in [6, 6.07) is 0. The largest absolute Gasteiger partial charge is 0.481 e. The number of amides is 2. The molecule has 11 N–H and O–H groups in total. The van der Waals surface area contributed by atoms with Crippen molar-refractivity contribution >= 4 is 69.1 Å². The smallest absolute Gasteiger partial charge is 0.389 e. The number of aliphatic hydroxyl groups is 3. The van der Waals surface area contributed by atoms with Crippen molar-refractivity contribution in [3.63, 3.8) is 0 Å². The first-order valence-corrected chi connectivity index (χ1v) is 28.3. The number of nitrogens with two attached hydrogens (primary N) is 1. The number of hydrogen-bond donors (Lipinski definition) is 10. The van der Waals surface area contributed by atoms with E-state index in [-0.39, 0.29) is 53.8 Å². The highest BCUT2D eigenvalue weighted by Gasteiger charge is 2.50. The second-order valence-corrected chi connectivity index (χ2v) is 22.6. The second kappa shape index (κ2) is 28.4. The molecule has 10 unspecified atom stereocenters. The van der Waals surface area contributed by atoms with Gasteiger partial charge in [-0.3, -0.25) is 32.5 Å². The van der Waals surface area contributed by atoms with Crippen LogP contribution in [0.3, 0.4) is 0 Å². The van der Waals surface area contributed by atoms with E-state index in [1.54, 1.807) is 0 Å². The van der Waals surface area contributed by atoms with Gasteiger partial charge in [0.05, 0.1) is 31.7 Å². The second-order valence-electron chi connectivity index (χ2n) is 17.2. The number of allylic oxidation sites excluding steroid dienone is 3. The van der Waals surface area contributed by atoms with Gasteiger partial charge in [0.15, 0.2) is 22.8 Å². The molecule has 2 aliphatic heterocycles. The number of nitrogens with one attached hydrogen (secondary N) is 2. The van der Waals surface area contributed by atoms with Gasteiger partial charge in [0.2, 0.25) is 11.8 Å². The van der Waals surface area contributed by atoms with Gasteiger partial charge in [0.1, 0.15) is 42.4 Å². The third kappa shape index (κ3) is 21.2. The lowest BCUT2D eigenvalue weighted by Crippen LogP contribution is -2.46. The van der Waals surface area contributed by atoms with Crippen molar-refractivity contribution in [3.05, 3.63) is 49.1 Å². The Hall–Kier alpha value is -3.30. The summed E-state index contributed by atoms with van der Waals surface area (Å²) in [5, 5.41) is 36.6. The predicted molar refractivity (Wildman–Crippen MR) is 256 cm³/mol. The third-order valence-corrected chi connectivity index (χ3v) is 14.8. The summed E-state index contributed by atoms with van der Waals surface area (Å²) >= 11 is 1.10. The van der Waals surface area contributed by atoms with E-state index in [0.717, 1.165) is 73.9 Å². The summed E-state index contributed by atoms with van der Waals surface area (Å²) in [7, 11) is -16.4. The number of rotatable bonds is 33. The van der Waals surface area contributed by atoms with E-state index in [4.69, 9.17) is 24.3 Å². The van der Waals surface area contributed by atoms with Crippen LogP contribution in [0.25, 0.3) is 11.2 Å². The van der Waals surface area contributed by atoms with Crippen LogP contribution in [-0.2, 0) is 55.4 Å². The minimum Gasteiger partial charge on any atom is -0.389 e. The highest BCUT2D eigenvalue weighted by Crippen LogP contribution is 2.61. The first-order valence-electron chi connectivity index (χ1n) is 22.8. The number of nitrogens with zero attached hydrogens (tertiary/aromatic N) is 4. The van der Waals surface area contributed by atoms with Gasteiger partial charge < -0.3 is 60.7 Å². The lowest BCUT2D eigenvalue weighted by molar-refractivity contribution is -0.137. The Morgan fingerprint density at radius 1 is 0.944 bits per heavy atom. The van der Waals surface area contributed by atoms with Crippen molar-refractivity contribution in [3.8, 4) is 0 Å². The number of nitrogen functional groups attached to an aromatic ring is 1. The van der Waals surface area contributed by atoms with E-state index in [1.165, 1.54) is 13.8 Å². The van der Waals surface area contributed by atoms with Crippen molar-refractivity contribution in [2.75, 3.05) is 37.8 Å². The van der Waals surface area contributed by atoms with Gasteiger partial charge in [-0.15, -0.1) is 0 Å². The highest BCUT2D eigenvalue weighted by molar-refractivity contribution is 8.13. The summed E-state index contributed by atoms with van der Waals surface area (Å²) in [4.78, 5) is 88.4. The topological polar surface area (TPSA) is 396 Å². The number of aliphatic hydroxyl groups excluding tert-OH is 3. The minimum absolute atomic E-state index is 0.00834. The molecule has 71 heavy (non-hydrogen) atoms. The molecule has 0 saturated carbocycles. The maximum atomic E-state index is 12.8. The molecule has 0 bridgehead atoms. The van der Waals surface area contributed by atoms with E-state index in [2.05, 4.69) is 53.5 Å². The molecule has 0 aromatic carbocycles. The van der Waals surface area contributed by atoms with Crippen molar-refractivity contribution in [2.45, 2.75) is 134 Å². The molecule has 26 nitrogen and oxygen atoms in total. The number of imidazole rings is 1. The fourth-order valence-electron chi connectivity index (χ4n) is 6.80. The summed E-state index contributed by atoms with van der Waals surface area (Å²) in [6.07, 6.45) is 12.2. The van der Waals surface area contributed by atoms with Crippen molar-refractivity contribution in [2.24, 2.45) is 5.41 Å². The fourth-order valence-corrected chi connectivity index (χ4v) is 10.4. The number of anilines is 1. The van der Waals surface area contributed by atoms with Gasteiger partial charge >= 0.3 is 23.5 Å². The number of carbonyl (C=O) groups excluding carboxylic acids is 3. The molecule has 0 radical (unpaired) electrons. The molecular formula is C41H66N7O19P3S. The Bertz CT molecular complexity index is 2300. The molecule has 2 aromatic heterocycles. The Labute approximate surface area is 414 Å². The monoisotopic (exact) mass is 1090 g/mol. The van der Waals surface area contributed by atoms with Gasteiger partial charge in [-0.25, -0.2) is 28.6 Å². The zero-order valence-electron chi connectivity index (χ0n) is 39.5. The zero-order valence-corrected chi connectivity index (χ0v) is 43.0. The van der Waals surface area contributed by atoms with Gasteiger partial charge in [0.25, 0.3) is 0 Å². The number of fused-ring (bicyclic) bond motifs is 1. The van der Waals surface area contributed by atoms with E-state index >= 15 is 0 Å². The Balaban J connectivity index is 1.06. The van der Waals surface area contributed by atoms with Crippen molar-refractivity contribution < 1.29 is 90.3 Å². The number of thioether (sulfide) groups is 1. The molecule has 10 atom stereocenters. The first kappa shape index (κ1) is 60.3. The molecule has 2 aromatic rings. The molecule has 4 rings (SSSR count). The number of epoxide rings is 1. The van der Waals surface area contributed by atoms with Crippen LogP contribution in [0.4, 0.5) is 5.82 Å². The molecule has 0 spiro atoms. The molecule has 400 valence electrons. The zero-order chi connectivity index (χ0) is 52.4. The number of hydrogen-bond acceptors (Lipinski definition) is 20. The number of phosphoric acid groups is 3. The summed E-state index contributed by atoms with van der Waals surface area (Å²) in [5.74, 6) is -1.13. The molecule has 0 aliphatic carbocycles. The minimum atomic E-state index is -5.59. The summed E-state index contributed by atoms with van der Waals surface area (Å²) in [6.45, 7) is 2.60. The summed E-state index contributed by atoms with van der Waals surface area (Å²) < 4.78 is 68.1. The number of phosphoric ester groups is 3. The Kier molecular flexibility index (Phi) is 24.1. The maximum absolute atomic E-state index is 12.8. The van der Waals surface area contributed by atoms with E-state index < -0.39 is 90.7 Å². The quantitative estimate of drug-likeness (QED) is 0.0212. The molecule has 30 heteroatoms. The van der Waals surface area contributed by atoms with Gasteiger partial charge in [-0.05, 0) is 32.1 Å². The molecule has 2 fully saturated rings. The summed E-state index contributed by atoms with van der Waals surface area (Å²) in [5.41, 5.74) is 4.26. The van der Waals surface area contributed by atoms with Crippen LogP contribution < -0.4 is 16.4 Å². The maximum Gasteiger partial charge on any atom is 0.481 e. The van der Waals surface area contributed by atoms with Crippen LogP contribution in [0.1, 0.15) is 91.2 Å².